The maximum absolute atomic E-state index is 11.6. The summed E-state index contributed by atoms with van der Waals surface area (Å²) < 4.78 is 4.72. The van der Waals surface area contributed by atoms with Crippen LogP contribution in [-0.4, -0.2) is 18.2 Å². The van der Waals surface area contributed by atoms with Gasteiger partial charge in [-0.25, -0.2) is 4.79 Å². The second-order valence-corrected chi connectivity index (χ2v) is 6.14. The van der Waals surface area contributed by atoms with E-state index in [-0.39, 0.29) is 12.0 Å². The van der Waals surface area contributed by atoms with E-state index in [9.17, 15) is 4.79 Å². The van der Waals surface area contributed by atoms with Crippen molar-refractivity contribution in [1.82, 2.24) is 5.32 Å². The Morgan fingerprint density at radius 1 is 1.12 bits per heavy atom. The van der Waals surface area contributed by atoms with Gasteiger partial charge in [-0.2, -0.15) is 0 Å². The first-order valence-corrected chi connectivity index (χ1v) is 8.14. The Morgan fingerprint density at radius 3 is 2.54 bits per heavy atom. The van der Waals surface area contributed by atoms with Crippen molar-refractivity contribution >= 4 is 29.0 Å². The van der Waals surface area contributed by atoms with Crippen LogP contribution in [0.5, 0.6) is 0 Å². The molecule has 5 heteroatoms. The fraction of sp³-hybridized carbons (Fsp3) is 0.263. The van der Waals surface area contributed by atoms with Gasteiger partial charge < -0.3 is 15.4 Å². The number of hydrogen-bond acceptors (Lipinski definition) is 3. The fourth-order valence-electron chi connectivity index (χ4n) is 2.32. The highest BCUT2D eigenvalue weighted by atomic mass is 32.1. The summed E-state index contributed by atoms with van der Waals surface area (Å²) in [6.45, 7) is 6.25. The molecule has 0 bridgehead atoms. The Labute approximate surface area is 148 Å². The van der Waals surface area contributed by atoms with Gasteiger partial charge in [0.25, 0.3) is 0 Å². The largest absolute Gasteiger partial charge is 0.465 e. The summed E-state index contributed by atoms with van der Waals surface area (Å²) in [5.41, 5.74) is 4.91. The molecule has 2 N–H and O–H groups in total. The average molecular weight is 342 g/mol. The summed E-state index contributed by atoms with van der Waals surface area (Å²) in [6.07, 6.45) is 0. The van der Waals surface area contributed by atoms with E-state index in [1.54, 1.807) is 18.2 Å². The molecule has 0 saturated carbocycles. The summed E-state index contributed by atoms with van der Waals surface area (Å²) in [5, 5.41) is 6.86. The van der Waals surface area contributed by atoms with Crippen LogP contribution in [-0.2, 0) is 4.74 Å². The third kappa shape index (κ3) is 4.55. The second kappa shape index (κ2) is 7.93. The molecule has 1 atom stereocenters. The van der Waals surface area contributed by atoms with Gasteiger partial charge in [-0.05, 0) is 67.9 Å². The molecule has 0 fully saturated rings. The Balaban J connectivity index is 2.02. The summed E-state index contributed by atoms with van der Waals surface area (Å²) in [6, 6.07) is 13.5. The number of esters is 1. The van der Waals surface area contributed by atoms with Gasteiger partial charge in [0.2, 0.25) is 0 Å². The quantitative estimate of drug-likeness (QED) is 0.646. The van der Waals surface area contributed by atoms with Crippen molar-refractivity contribution in [2.45, 2.75) is 26.8 Å². The highest BCUT2D eigenvalue weighted by molar-refractivity contribution is 7.80. The Kier molecular flexibility index (Phi) is 5.93. The summed E-state index contributed by atoms with van der Waals surface area (Å²) >= 11 is 5.37. The molecule has 4 nitrogen and oxygen atoms in total. The fourth-order valence-corrected chi connectivity index (χ4v) is 2.62. The van der Waals surface area contributed by atoms with Crippen molar-refractivity contribution in [3.05, 3.63) is 64.7 Å². The lowest BCUT2D eigenvalue weighted by atomic mass is 10.0. The third-order valence-electron chi connectivity index (χ3n) is 3.92. The molecule has 0 aliphatic rings. The molecular formula is C19H22N2O2S. The van der Waals surface area contributed by atoms with Gasteiger partial charge in [0, 0.05) is 5.69 Å². The van der Waals surface area contributed by atoms with Crippen LogP contribution >= 0.6 is 12.2 Å². The first-order valence-electron chi connectivity index (χ1n) is 7.73. The zero-order chi connectivity index (χ0) is 17.7. The van der Waals surface area contributed by atoms with E-state index >= 15 is 0 Å². The van der Waals surface area contributed by atoms with Crippen LogP contribution in [0.1, 0.15) is 40.0 Å². The minimum Gasteiger partial charge on any atom is -0.465 e. The van der Waals surface area contributed by atoms with Gasteiger partial charge in [0.1, 0.15) is 0 Å². The van der Waals surface area contributed by atoms with Crippen LogP contribution in [0.25, 0.3) is 0 Å². The normalized spacial score (nSPS) is 11.5. The van der Waals surface area contributed by atoms with Gasteiger partial charge in [0.05, 0.1) is 18.7 Å². The Bertz CT molecular complexity index is 759. The smallest absolute Gasteiger partial charge is 0.337 e. The van der Waals surface area contributed by atoms with Crippen molar-refractivity contribution in [3.63, 3.8) is 0 Å². The number of anilines is 1. The number of rotatable bonds is 4. The van der Waals surface area contributed by atoms with E-state index in [4.69, 9.17) is 17.0 Å². The van der Waals surface area contributed by atoms with Crippen molar-refractivity contribution < 1.29 is 9.53 Å². The number of thiocarbonyl (C=S) groups is 1. The minimum absolute atomic E-state index is 0.0769. The van der Waals surface area contributed by atoms with Gasteiger partial charge in [-0.3, -0.25) is 0 Å². The average Bonchev–Trinajstić information content (AvgIpc) is 2.56. The number of aryl methyl sites for hydroxylation is 2. The molecule has 0 amide bonds. The van der Waals surface area contributed by atoms with Crippen LogP contribution in [0.4, 0.5) is 5.69 Å². The molecule has 2 rings (SSSR count). The summed E-state index contributed by atoms with van der Waals surface area (Å²) in [7, 11) is 1.36. The first kappa shape index (κ1) is 17.9. The molecule has 0 unspecified atom stereocenters. The number of nitrogens with one attached hydrogen (secondary N) is 2. The van der Waals surface area contributed by atoms with Gasteiger partial charge >= 0.3 is 5.97 Å². The number of benzene rings is 2. The maximum Gasteiger partial charge on any atom is 0.337 e. The van der Waals surface area contributed by atoms with E-state index in [2.05, 4.69) is 49.6 Å². The molecule has 2 aromatic rings. The highest BCUT2D eigenvalue weighted by Gasteiger charge is 2.10. The van der Waals surface area contributed by atoms with Gasteiger partial charge in [0.15, 0.2) is 5.11 Å². The maximum atomic E-state index is 11.6. The SMILES string of the molecule is COC(=O)c1cccc(NC(=S)N[C@@H](C)c2ccc(C)c(C)c2)c1. The molecule has 0 aliphatic heterocycles. The molecule has 0 spiro atoms. The predicted octanol–water partition coefficient (Wildman–Crippen LogP) is 4.14. The minimum atomic E-state index is -0.374. The Morgan fingerprint density at radius 2 is 1.88 bits per heavy atom. The van der Waals surface area contributed by atoms with Crippen molar-refractivity contribution in [2.24, 2.45) is 0 Å². The Hall–Kier alpha value is -2.40. The number of carbonyl (C=O) groups is 1. The lowest BCUT2D eigenvalue weighted by molar-refractivity contribution is 0.0601. The van der Waals surface area contributed by atoms with Crippen LogP contribution in [0.2, 0.25) is 0 Å². The van der Waals surface area contributed by atoms with Crippen molar-refractivity contribution in [2.75, 3.05) is 12.4 Å². The summed E-state index contributed by atoms with van der Waals surface area (Å²) in [5.74, 6) is -0.374. The first-order chi connectivity index (χ1) is 11.4. The molecule has 24 heavy (non-hydrogen) atoms. The number of methoxy groups -OCH3 is 1. The number of carbonyl (C=O) groups excluding carboxylic acids is 1. The van der Waals surface area contributed by atoms with Crippen LogP contribution in [0.3, 0.4) is 0 Å². The van der Waals surface area contributed by atoms with E-state index in [1.165, 1.54) is 23.8 Å². The standard InChI is InChI=1S/C19H22N2O2S/c1-12-8-9-15(10-13(12)2)14(3)20-19(24)21-17-7-5-6-16(11-17)18(22)23-4/h5-11,14H,1-4H3,(H2,20,21,24)/t14-/m0/s1. The molecule has 0 aromatic heterocycles. The monoisotopic (exact) mass is 342 g/mol. The molecular weight excluding hydrogens is 320 g/mol. The molecule has 2 aromatic carbocycles. The molecule has 0 saturated heterocycles. The number of ether oxygens (including phenoxy) is 1. The highest BCUT2D eigenvalue weighted by Crippen LogP contribution is 2.17. The van der Waals surface area contributed by atoms with Gasteiger partial charge in [-0.1, -0.05) is 24.3 Å². The molecule has 0 aliphatic carbocycles. The molecule has 0 radical (unpaired) electrons. The molecule has 0 heterocycles. The third-order valence-corrected chi connectivity index (χ3v) is 4.14. The van der Waals surface area contributed by atoms with Crippen molar-refractivity contribution in [1.29, 1.82) is 0 Å². The second-order valence-electron chi connectivity index (χ2n) is 5.74. The van der Waals surface area contributed by atoms with E-state index < -0.39 is 0 Å². The topological polar surface area (TPSA) is 50.4 Å². The van der Waals surface area contributed by atoms with Crippen molar-refractivity contribution in [3.8, 4) is 0 Å². The van der Waals surface area contributed by atoms with E-state index in [0.717, 1.165) is 5.69 Å². The van der Waals surface area contributed by atoms with Crippen LogP contribution in [0, 0.1) is 13.8 Å². The van der Waals surface area contributed by atoms with E-state index in [0.29, 0.717) is 10.7 Å². The van der Waals surface area contributed by atoms with E-state index in [1.807, 2.05) is 6.07 Å². The predicted molar refractivity (Wildman–Crippen MR) is 101 cm³/mol. The van der Waals surface area contributed by atoms with Gasteiger partial charge in [-0.15, -0.1) is 0 Å². The zero-order valence-electron chi connectivity index (χ0n) is 14.3. The molecule has 126 valence electrons. The zero-order valence-corrected chi connectivity index (χ0v) is 15.2. The lowest BCUT2D eigenvalue weighted by Gasteiger charge is -2.18. The lowest BCUT2D eigenvalue weighted by Crippen LogP contribution is -2.31. The summed E-state index contributed by atoms with van der Waals surface area (Å²) in [4.78, 5) is 11.6. The van der Waals surface area contributed by atoms with Crippen LogP contribution < -0.4 is 10.6 Å². The number of hydrogen-bond donors (Lipinski definition) is 2. The van der Waals surface area contributed by atoms with Crippen LogP contribution in [0.15, 0.2) is 42.5 Å².